The van der Waals surface area contributed by atoms with Crippen LogP contribution in [0.3, 0.4) is 0 Å². The van der Waals surface area contributed by atoms with Crippen molar-refractivity contribution in [2.24, 2.45) is 5.73 Å². The van der Waals surface area contributed by atoms with E-state index >= 15 is 0 Å². The molecule has 0 spiro atoms. The molecular weight excluding hydrogens is 260 g/mol. The van der Waals surface area contributed by atoms with Gasteiger partial charge in [-0.15, -0.1) is 11.3 Å². The van der Waals surface area contributed by atoms with Crippen LogP contribution in [0.5, 0.6) is 0 Å². The fourth-order valence-corrected chi connectivity index (χ4v) is 2.55. The number of hydrogen-bond donors (Lipinski definition) is 3. The van der Waals surface area contributed by atoms with Crippen LogP contribution in [0.4, 0.5) is 4.79 Å². The topological polar surface area (TPSA) is 92.9 Å². The number of carbonyl (C=O) groups is 1. The molecule has 2 aromatic rings. The lowest BCUT2D eigenvalue weighted by molar-refractivity contribution is 0.248. The Morgan fingerprint density at radius 2 is 2.41 bits per heavy atom. The zero-order chi connectivity index (χ0) is 12.4. The second kappa shape index (κ2) is 4.68. The molecule has 0 aliphatic heterocycles. The van der Waals surface area contributed by atoms with Crippen molar-refractivity contribution in [3.05, 3.63) is 26.6 Å². The number of hydrogen-bond acceptors (Lipinski definition) is 4. The number of fused-ring (bicyclic) bond motifs is 1. The van der Waals surface area contributed by atoms with Crippen LogP contribution in [-0.4, -0.2) is 22.1 Å². The summed E-state index contributed by atoms with van der Waals surface area (Å²) in [5.74, 6) is 0. The van der Waals surface area contributed by atoms with Crippen LogP contribution >= 0.6 is 23.6 Å². The number of aromatic amines is 1. The molecule has 2 heterocycles. The highest BCUT2D eigenvalue weighted by Crippen LogP contribution is 2.13. The van der Waals surface area contributed by atoms with Crippen LogP contribution in [0.15, 0.2) is 16.2 Å². The van der Waals surface area contributed by atoms with Gasteiger partial charge in [-0.25, -0.2) is 4.79 Å². The van der Waals surface area contributed by atoms with Crippen molar-refractivity contribution in [2.45, 2.75) is 6.54 Å². The van der Waals surface area contributed by atoms with Crippen LogP contribution in [0.1, 0.15) is 0 Å². The molecule has 0 saturated heterocycles. The molecule has 90 valence electrons. The molecule has 4 N–H and O–H groups in total. The Bertz CT molecular complexity index is 669. The first-order valence-corrected chi connectivity index (χ1v) is 6.12. The highest BCUT2D eigenvalue weighted by molar-refractivity contribution is 7.71. The van der Waals surface area contributed by atoms with Gasteiger partial charge in [0, 0.05) is 13.1 Å². The maximum atomic E-state index is 12.0. The first-order chi connectivity index (χ1) is 8.09. The smallest absolute Gasteiger partial charge is 0.312 e. The molecule has 0 radical (unpaired) electrons. The number of carbonyl (C=O) groups excluding carboxylic acids is 1. The van der Waals surface area contributed by atoms with Gasteiger partial charge >= 0.3 is 6.03 Å². The van der Waals surface area contributed by atoms with E-state index in [0.29, 0.717) is 16.0 Å². The van der Waals surface area contributed by atoms with Gasteiger partial charge in [-0.05, 0) is 23.7 Å². The molecule has 0 aliphatic carbocycles. The number of aromatic nitrogens is 2. The lowest BCUT2D eigenvalue weighted by Gasteiger charge is -2.06. The Morgan fingerprint density at radius 1 is 1.65 bits per heavy atom. The lowest BCUT2D eigenvalue weighted by atomic mass is 10.4. The fourth-order valence-electron chi connectivity index (χ4n) is 1.46. The van der Waals surface area contributed by atoms with E-state index in [-0.39, 0.29) is 12.1 Å². The largest absolute Gasteiger partial charge is 0.352 e. The zero-order valence-electron chi connectivity index (χ0n) is 8.73. The van der Waals surface area contributed by atoms with Crippen LogP contribution in [-0.2, 0) is 6.54 Å². The minimum Gasteiger partial charge on any atom is -0.352 e. The average molecular weight is 270 g/mol. The second-order valence-electron chi connectivity index (χ2n) is 3.34. The van der Waals surface area contributed by atoms with Crippen LogP contribution in [0.2, 0.25) is 0 Å². The van der Waals surface area contributed by atoms with Gasteiger partial charge in [0.05, 0.1) is 5.52 Å². The Morgan fingerprint density at radius 3 is 3.12 bits per heavy atom. The molecule has 8 heteroatoms. The summed E-state index contributed by atoms with van der Waals surface area (Å²) in [6, 6.07) is 1.19. The molecule has 0 atom stereocenters. The molecule has 0 bridgehead atoms. The molecule has 2 rings (SSSR count). The molecule has 0 aromatic carbocycles. The molecule has 2 amide bonds. The van der Waals surface area contributed by atoms with E-state index in [1.165, 1.54) is 15.9 Å². The molecule has 0 aliphatic rings. The first kappa shape index (κ1) is 11.8. The van der Waals surface area contributed by atoms with Gasteiger partial charge in [0.25, 0.3) is 5.56 Å². The van der Waals surface area contributed by atoms with Gasteiger partial charge in [-0.2, -0.15) is 0 Å². The van der Waals surface area contributed by atoms with Crippen molar-refractivity contribution in [3.63, 3.8) is 0 Å². The van der Waals surface area contributed by atoms with Crippen LogP contribution in [0.25, 0.3) is 10.2 Å². The molecule has 0 fully saturated rings. The van der Waals surface area contributed by atoms with Crippen molar-refractivity contribution in [1.82, 2.24) is 14.9 Å². The number of amides is 2. The predicted molar refractivity (Wildman–Crippen MR) is 68.9 cm³/mol. The Balaban J connectivity index is 2.36. The van der Waals surface area contributed by atoms with E-state index in [9.17, 15) is 9.59 Å². The SMILES string of the molecule is NC(=O)NCCn1c(=S)[nH]c2ccsc2c1=O. The van der Waals surface area contributed by atoms with Crippen LogP contribution in [0, 0.1) is 4.77 Å². The summed E-state index contributed by atoms with van der Waals surface area (Å²) in [5, 5.41) is 4.24. The van der Waals surface area contributed by atoms with Crippen molar-refractivity contribution in [2.75, 3.05) is 6.54 Å². The number of rotatable bonds is 3. The fraction of sp³-hybridized carbons (Fsp3) is 0.222. The Labute approximate surface area is 105 Å². The maximum absolute atomic E-state index is 12.0. The minimum atomic E-state index is -0.620. The summed E-state index contributed by atoms with van der Waals surface area (Å²) in [5.41, 5.74) is 5.53. The number of primary amides is 1. The summed E-state index contributed by atoms with van der Waals surface area (Å²) in [7, 11) is 0. The normalized spacial score (nSPS) is 10.6. The van der Waals surface area contributed by atoms with Crippen molar-refractivity contribution >= 4 is 39.8 Å². The van der Waals surface area contributed by atoms with E-state index in [4.69, 9.17) is 18.0 Å². The first-order valence-electron chi connectivity index (χ1n) is 4.83. The Hall–Kier alpha value is -1.67. The van der Waals surface area contributed by atoms with E-state index in [1.54, 1.807) is 0 Å². The molecule has 6 nitrogen and oxygen atoms in total. The van der Waals surface area contributed by atoms with E-state index in [0.717, 1.165) is 5.52 Å². The van der Waals surface area contributed by atoms with Gasteiger partial charge in [-0.3, -0.25) is 9.36 Å². The summed E-state index contributed by atoms with van der Waals surface area (Å²) >= 11 is 6.43. The third-order valence-corrected chi connectivity index (χ3v) is 3.45. The number of urea groups is 1. The van der Waals surface area contributed by atoms with Crippen molar-refractivity contribution in [3.8, 4) is 0 Å². The van der Waals surface area contributed by atoms with Crippen molar-refractivity contribution < 1.29 is 4.79 Å². The monoisotopic (exact) mass is 270 g/mol. The predicted octanol–water partition coefficient (Wildman–Crippen LogP) is 0.789. The number of thiophene rings is 1. The average Bonchev–Trinajstić information content (AvgIpc) is 2.70. The highest BCUT2D eigenvalue weighted by Gasteiger charge is 2.06. The lowest BCUT2D eigenvalue weighted by Crippen LogP contribution is -2.34. The third kappa shape index (κ3) is 2.37. The number of nitrogens with two attached hydrogens (primary N) is 1. The van der Waals surface area contributed by atoms with Gasteiger partial charge in [-0.1, -0.05) is 0 Å². The molecular formula is C9H10N4O2S2. The quantitative estimate of drug-likeness (QED) is 0.720. The van der Waals surface area contributed by atoms with E-state index in [2.05, 4.69) is 10.3 Å². The summed E-state index contributed by atoms with van der Waals surface area (Å²) in [6.07, 6.45) is 0. The van der Waals surface area contributed by atoms with E-state index in [1.807, 2.05) is 11.4 Å². The zero-order valence-corrected chi connectivity index (χ0v) is 10.4. The third-order valence-electron chi connectivity index (χ3n) is 2.23. The van der Waals surface area contributed by atoms with Gasteiger partial charge in [0.2, 0.25) is 0 Å². The number of nitrogens with one attached hydrogen (secondary N) is 2. The molecule has 0 unspecified atom stereocenters. The standard InChI is InChI=1S/C9H10N4O2S2/c10-8(15)11-2-3-13-7(14)6-5(1-4-17-6)12-9(13)16/h1,4H,2-3H2,(H,12,16)(H3,10,11,15). The van der Waals surface area contributed by atoms with Crippen LogP contribution < -0.4 is 16.6 Å². The molecule has 2 aromatic heterocycles. The minimum absolute atomic E-state index is 0.148. The summed E-state index contributed by atoms with van der Waals surface area (Å²) in [4.78, 5) is 25.5. The van der Waals surface area contributed by atoms with Gasteiger partial charge < -0.3 is 16.0 Å². The maximum Gasteiger partial charge on any atom is 0.312 e. The molecule has 0 saturated carbocycles. The summed E-state index contributed by atoms with van der Waals surface area (Å²) < 4.78 is 2.37. The second-order valence-corrected chi connectivity index (χ2v) is 4.64. The van der Waals surface area contributed by atoms with Gasteiger partial charge in [0.15, 0.2) is 4.77 Å². The van der Waals surface area contributed by atoms with Gasteiger partial charge in [0.1, 0.15) is 4.70 Å². The Kier molecular flexibility index (Phi) is 3.25. The highest BCUT2D eigenvalue weighted by atomic mass is 32.1. The number of H-pyrrole nitrogens is 1. The molecule has 17 heavy (non-hydrogen) atoms. The van der Waals surface area contributed by atoms with Crippen molar-refractivity contribution in [1.29, 1.82) is 0 Å². The number of nitrogens with zero attached hydrogens (tertiary/aromatic N) is 1. The van der Waals surface area contributed by atoms with E-state index < -0.39 is 6.03 Å². The summed E-state index contributed by atoms with van der Waals surface area (Å²) in [6.45, 7) is 0.564.